The number of nitrogens with zero attached hydrogens (tertiary/aromatic N) is 2. The van der Waals surface area contributed by atoms with Crippen LogP contribution in [0, 0.1) is 13.8 Å². The summed E-state index contributed by atoms with van der Waals surface area (Å²) in [6.45, 7) is 7.92. The van der Waals surface area contributed by atoms with E-state index in [0.29, 0.717) is 5.69 Å². The highest BCUT2D eigenvalue weighted by molar-refractivity contribution is 5.95. The second kappa shape index (κ2) is 4.80. The second-order valence-corrected chi connectivity index (χ2v) is 4.71. The maximum absolute atomic E-state index is 12.2. The normalized spacial score (nSPS) is 12.7. The molecule has 0 saturated carbocycles. The van der Waals surface area contributed by atoms with E-state index in [0.717, 1.165) is 23.3 Å². The Labute approximate surface area is 107 Å². The Bertz CT molecular complexity index is 586. The first-order valence-corrected chi connectivity index (χ1v) is 6.29. The summed E-state index contributed by atoms with van der Waals surface area (Å²) in [5.41, 5.74) is 3.33. The van der Waals surface area contributed by atoms with Crippen molar-refractivity contribution >= 4 is 11.6 Å². The van der Waals surface area contributed by atoms with E-state index in [-0.39, 0.29) is 11.9 Å². The van der Waals surface area contributed by atoms with Gasteiger partial charge >= 0.3 is 0 Å². The molecule has 1 N–H and O–H groups in total. The average molecular weight is 245 g/mol. The fraction of sp³-hybridized carbons (Fsp3) is 0.429. The van der Waals surface area contributed by atoms with E-state index in [1.807, 2.05) is 43.5 Å². The van der Waals surface area contributed by atoms with Crippen LogP contribution in [0.3, 0.4) is 0 Å². The standard InChI is InChI=1S/C14H19N3O/c1-5-10(3)15-14(18)12-11(4)16-13-9(2)7-6-8-17(12)13/h6-8,10H,5H2,1-4H3,(H,15,18). The fourth-order valence-corrected chi connectivity index (χ4v) is 1.99. The van der Waals surface area contributed by atoms with Crippen molar-refractivity contribution in [2.45, 2.75) is 40.2 Å². The summed E-state index contributed by atoms with van der Waals surface area (Å²) in [6.07, 6.45) is 2.80. The van der Waals surface area contributed by atoms with Crippen LogP contribution in [0.1, 0.15) is 42.0 Å². The number of rotatable bonds is 3. The van der Waals surface area contributed by atoms with E-state index in [9.17, 15) is 4.79 Å². The van der Waals surface area contributed by atoms with Crippen molar-refractivity contribution in [1.29, 1.82) is 0 Å². The van der Waals surface area contributed by atoms with E-state index < -0.39 is 0 Å². The molecule has 0 aliphatic carbocycles. The van der Waals surface area contributed by atoms with Crippen LogP contribution in [0.5, 0.6) is 0 Å². The van der Waals surface area contributed by atoms with Gasteiger partial charge in [0, 0.05) is 12.2 Å². The largest absolute Gasteiger partial charge is 0.348 e. The number of aryl methyl sites for hydroxylation is 2. The SMILES string of the molecule is CCC(C)NC(=O)c1c(C)nc2c(C)cccn12. The Morgan fingerprint density at radius 3 is 2.89 bits per heavy atom. The molecule has 1 unspecified atom stereocenters. The Morgan fingerprint density at radius 1 is 1.50 bits per heavy atom. The summed E-state index contributed by atoms with van der Waals surface area (Å²) >= 11 is 0. The van der Waals surface area contributed by atoms with Gasteiger partial charge in [0.05, 0.1) is 5.69 Å². The van der Waals surface area contributed by atoms with Gasteiger partial charge in [0.25, 0.3) is 5.91 Å². The molecule has 0 saturated heterocycles. The molecular formula is C14H19N3O. The van der Waals surface area contributed by atoms with E-state index >= 15 is 0 Å². The summed E-state index contributed by atoms with van der Waals surface area (Å²) < 4.78 is 1.86. The van der Waals surface area contributed by atoms with Gasteiger partial charge in [0.1, 0.15) is 11.3 Å². The highest BCUT2D eigenvalue weighted by Gasteiger charge is 2.18. The smallest absolute Gasteiger partial charge is 0.270 e. The van der Waals surface area contributed by atoms with Crippen molar-refractivity contribution in [3.8, 4) is 0 Å². The molecule has 0 aromatic carbocycles. The number of carbonyl (C=O) groups is 1. The average Bonchev–Trinajstić information content (AvgIpc) is 2.67. The molecule has 2 aromatic rings. The first kappa shape index (κ1) is 12.6. The minimum atomic E-state index is -0.0556. The van der Waals surface area contributed by atoms with Gasteiger partial charge in [-0.1, -0.05) is 13.0 Å². The highest BCUT2D eigenvalue weighted by Crippen LogP contribution is 2.15. The van der Waals surface area contributed by atoms with Gasteiger partial charge < -0.3 is 5.32 Å². The number of amides is 1. The van der Waals surface area contributed by atoms with Crippen LogP contribution >= 0.6 is 0 Å². The third-order valence-corrected chi connectivity index (χ3v) is 3.22. The molecule has 96 valence electrons. The van der Waals surface area contributed by atoms with Gasteiger partial charge in [-0.15, -0.1) is 0 Å². The van der Waals surface area contributed by atoms with Crippen molar-refractivity contribution in [2.75, 3.05) is 0 Å². The lowest BCUT2D eigenvalue weighted by atomic mass is 10.2. The van der Waals surface area contributed by atoms with Gasteiger partial charge in [-0.05, 0) is 38.8 Å². The molecule has 0 fully saturated rings. The van der Waals surface area contributed by atoms with Crippen molar-refractivity contribution in [1.82, 2.24) is 14.7 Å². The van der Waals surface area contributed by atoms with Gasteiger partial charge in [-0.25, -0.2) is 4.98 Å². The van der Waals surface area contributed by atoms with Crippen LogP contribution in [0.2, 0.25) is 0 Å². The first-order chi connectivity index (χ1) is 8.54. The summed E-state index contributed by atoms with van der Waals surface area (Å²) in [4.78, 5) is 16.7. The zero-order chi connectivity index (χ0) is 13.3. The van der Waals surface area contributed by atoms with Gasteiger partial charge in [-0.2, -0.15) is 0 Å². The van der Waals surface area contributed by atoms with Crippen LogP contribution in [0.15, 0.2) is 18.3 Å². The minimum Gasteiger partial charge on any atom is -0.348 e. The van der Waals surface area contributed by atoms with Crippen LogP contribution in [0.25, 0.3) is 5.65 Å². The molecule has 0 spiro atoms. The van der Waals surface area contributed by atoms with Crippen LogP contribution in [-0.2, 0) is 0 Å². The molecule has 2 aromatic heterocycles. The van der Waals surface area contributed by atoms with Crippen molar-refractivity contribution < 1.29 is 4.79 Å². The van der Waals surface area contributed by atoms with Crippen LogP contribution in [0.4, 0.5) is 0 Å². The Balaban J connectivity index is 2.47. The molecule has 2 rings (SSSR count). The number of aromatic nitrogens is 2. The lowest BCUT2D eigenvalue weighted by Gasteiger charge is -2.11. The van der Waals surface area contributed by atoms with Crippen LogP contribution < -0.4 is 5.32 Å². The molecule has 18 heavy (non-hydrogen) atoms. The third kappa shape index (κ3) is 2.10. The molecule has 0 aliphatic rings. The molecule has 0 bridgehead atoms. The van der Waals surface area contributed by atoms with Gasteiger partial charge in [0.2, 0.25) is 0 Å². The van der Waals surface area contributed by atoms with E-state index in [2.05, 4.69) is 17.2 Å². The lowest BCUT2D eigenvalue weighted by Crippen LogP contribution is -2.33. The summed E-state index contributed by atoms with van der Waals surface area (Å²) in [7, 11) is 0. The maximum Gasteiger partial charge on any atom is 0.270 e. The number of nitrogens with one attached hydrogen (secondary N) is 1. The molecule has 4 nitrogen and oxygen atoms in total. The molecular weight excluding hydrogens is 226 g/mol. The Hall–Kier alpha value is -1.84. The predicted octanol–water partition coefficient (Wildman–Crippen LogP) is 2.48. The van der Waals surface area contributed by atoms with Crippen molar-refractivity contribution in [3.05, 3.63) is 35.3 Å². The third-order valence-electron chi connectivity index (χ3n) is 3.22. The molecule has 1 amide bonds. The van der Waals surface area contributed by atoms with Gasteiger partial charge in [-0.3, -0.25) is 9.20 Å². The lowest BCUT2D eigenvalue weighted by molar-refractivity contribution is 0.0932. The topological polar surface area (TPSA) is 46.4 Å². The molecule has 4 heteroatoms. The van der Waals surface area contributed by atoms with E-state index in [1.165, 1.54) is 0 Å². The highest BCUT2D eigenvalue weighted by atomic mass is 16.2. The zero-order valence-electron chi connectivity index (χ0n) is 11.3. The number of imidazole rings is 1. The molecule has 0 aliphatic heterocycles. The molecule has 1 atom stereocenters. The Morgan fingerprint density at radius 2 is 2.22 bits per heavy atom. The number of fused-ring (bicyclic) bond motifs is 1. The molecule has 0 radical (unpaired) electrons. The van der Waals surface area contributed by atoms with E-state index in [1.54, 1.807) is 0 Å². The minimum absolute atomic E-state index is 0.0556. The van der Waals surface area contributed by atoms with Crippen LogP contribution in [-0.4, -0.2) is 21.3 Å². The summed E-state index contributed by atoms with van der Waals surface area (Å²) in [6, 6.07) is 4.11. The molecule has 2 heterocycles. The van der Waals surface area contributed by atoms with Gasteiger partial charge in [0.15, 0.2) is 0 Å². The number of hydrogen-bond donors (Lipinski definition) is 1. The summed E-state index contributed by atoms with van der Waals surface area (Å²) in [5, 5.41) is 2.98. The predicted molar refractivity (Wildman–Crippen MR) is 71.9 cm³/mol. The number of carbonyl (C=O) groups excluding carboxylic acids is 1. The monoisotopic (exact) mass is 245 g/mol. The number of hydrogen-bond acceptors (Lipinski definition) is 2. The fourth-order valence-electron chi connectivity index (χ4n) is 1.99. The quantitative estimate of drug-likeness (QED) is 0.903. The van der Waals surface area contributed by atoms with Crippen molar-refractivity contribution in [3.63, 3.8) is 0 Å². The van der Waals surface area contributed by atoms with Crippen molar-refractivity contribution in [2.24, 2.45) is 0 Å². The zero-order valence-corrected chi connectivity index (χ0v) is 11.3. The second-order valence-electron chi connectivity index (χ2n) is 4.71. The maximum atomic E-state index is 12.2. The first-order valence-electron chi connectivity index (χ1n) is 6.29. The Kier molecular flexibility index (Phi) is 3.36. The summed E-state index contributed by atoms with van der Waals surface area (Å²) in [5.74, 6) is -0.0556. The number of pyridine rings is 1. The van der Waals surface area contributed by atoms with E-state index in [4.69, 9.17) is 0 Å².